The van der Waals surface area contributed by atoms with E-state index in [0.29, 0.717) is 35.9 Å². The number of Topliss-reactive ketones (excluding diaryl/α,β-unsaturated/α-hetero) is 1. The molecule has 0 radical (unpaired) electrons. The maximum atomic E-state index is 13.6. The number of halogens is 3. The topological polar surface area (TPSA) is 24.7 Å². The Hall–Kier alpha value is -3.07. The predicted molar refractivity (Wildman–Crippen MR) is 123 cm³/mol. The van der Waals surface area contributed by atoms with Crippen LogP contribution in [-0.2, 0) is 19.5 Å². The monoisotopic (exact) mass is 452 g/mol. The molecular weight excluding hydrogens is 430 g/mol. The van der Waals surface area contributed by atoms with Crippen molar-refractivity contribution >= 4 is 23.9 Å². The average Bonchev–Trinajstić information content (AvgIpc) is 3.59. The van der Waals surface area contributed by atoms with Gasteiger partial charge in [0.1, 0.15) is 11.6 Å². The summed E-state index contributed by atoms with van der Waals surface area (Å²) in [6.45, 7) is 8.09. The molecule has 3 nitrogen and oxygen atoms in total. The van der Waals surface area contributed by atoms with Crippen LogP contribution in [0.3, 0.4) is 0 Å². The Morgan fingerprint density at radius 2 is 1.56 bits per heavy atom. The van der Waals surface area contributed by atoms with Crippen LogP contribution in [0.1, 0.15) is 39.9 Å². The first-order valence-electron chi connectivity index (χ1n) is 10.3. The van der Waals surface area contributed by atoms with Crippen molar-refractivity contribution in [3.8, 4) is 0 Å². The molecule has 0 N–H and O–H groups in total. The number of rotatable bonds is 8. The Balaban J connectivity index is 0.00000289. The van der Waals surface area contributed by atoms with Crippen molar-refractivity contribution in [2.75, 3.05) is 0 Å². The number of ketones is 1. The molecule has 0 amide bonds. The summed E-state index contributed by atoms with van der Waals surface area (Å²) in [4.78, 5) is 18.3. The van der Waals surface area contributed by atoms with Crippen LogP contribution in [0.4, 0.5) is 14.5 Å². The highest BCUT2D eigenvalue weighted by Crippen LogP contribution is 2.30. The molecule has 0 heterocycles. The highest BCUT2D eigenvalue weighted by Gasteiger charge is 2.29. The molecule has 1 saturated carbocycles. The molecule has 0 spiro atoms. The Bertz CT molecular complexity index is 1120. The van der Waals surface area contributed by atoms with Crippen LogP contribution in [-0.4, -0.2) is 16.7 Å². The predicted octanol–water partition coefficient (Wildman–Crippen LogP) is 6.53. The number of benzene rings is 3. The molecule has 0 unspecified atom stereocenters. The van der Waals surface area contributed by atoms with Crippen LogP contribution in [0, 0.1) is 18.2 Å². The summed E-state index contributed by atoms with van der Waals surface area (Å²) in [6.07, 6.45) is 2.41. The summed E-state index contributed by atoms with van der Waals surface area (Å²) in [7, 11) is 0. The van der Waals surface area contributed by atoms with Crippen LogP contribution in [0.25, 0.3) is 4.85 Å². The van der Waals surface area contributed by atoms with Gasteiger partial charge in [-0.15, -0.1) is 12.4 Å². The number of hydrogen-bond acceptors (Lipinski definition) is 2. The fourth-order valence-corrected chi connectivity index (χ4v) is 3.74. The molecule has 3 aromatic rings. The molecule has 1 aliphatic rings. The maximum absolute atomic E-state index is 13.6. The largest absolute Gasteiger partial charge is 0.294 e. The van der Waals surface area contributed by atoms with Crippen LogP contribution < -0.4 is 0 Å². The number of hydrogen-bond donors (Lipinski definition) is 0. The third-order valence-corrected chi connectivity index (χ3v) is 5.44. The van der Waals surface area contributed by atoms with Crippen molar-refractivity contribution in [1.82, 2.24) is 4.90 Å². The van der Waals surface area contributed by atoms with E-state index in [2.05, 4.69) is 9.74 Å². The van der Waals surface area contributed by atoms with Crippen LogP contribution in [0.15, 0.2) is 66.7 Å². The molecule has 3 aromatic carbocycles. The van der Waals surface area contributed by atoms with E-state index in [0.717, 1.165) is 30.0 Å². The van der Waals surface area contributed by atoms with Gasteiger partial charge in [0.25, 0.3) is 0 Å². The first-order valence-corrected chi connectivity index (χ1v) is 10.3. The quantitative estimate of drug-likeness (QED) is 0.287. The van der Waals surface area contributed by atoms with Gasteiger partial charge in [0.15, 0.2) is 11.5 Å². The second kappa shape index (κ2) is 10.5. The van der Waals surface area contributed by atoms with Crippen LogP contribution in [0.5, 0.6) is 0 Å². The second-order valence-corrected chi connectivity index (χ2v) is 7.99. The molecule has 0 saturated heterocycles. The van der Waals surface area contributed by atoms with E-state index in [-0.39, 0.29) is 24.6 Å². The van der Waals surface area contributed by atoms with E-state index < -0.39 is 11.6 Å². The Morgan fingerprint density at radius 1 is 0.906 bits per heavy atom. The third kappa shape index (κ3) is 6.23. The van der Waals surface area contributed by atoms with Crippen molar-refractivity contribution in [2.45, 2.75) is 38.4 Å². The van der Waals surface area contributed by atoms with Gasteiger partial charge in [-0.2, -0.15) is 0 Å². The maximum Gasteiger partial charge on any atom is 0.187 e. The molecule has 1 fully saturated rings. The van der Waals surface area contributed by atoms with Crippen molar-refractivity contribution in [1.29, 1.82) is 0 Å². The molecule has 0 aliphatic heterocycles. The Labute approximate surface area is 192 Å². The molecular formula is C26H23ClF2N2O. The first kappa shape index (κ1) is 23.6. The Morgan fingerprint density at radius 3 is 2.19 bits per heavy atom. The molecule has 0 bridgehead atoms. The normalized spacial score (nSPS) is 12.8. The third-order valence-electron chi connectivity index (χ3n) is 5.44. The molecule has 32 heavy (non-hydrogen) atoms. The van der Waals surface area contributed by atoms with Gasteiger partial charge in [0.05, 0.1) is 6.57 Å². The van der Waals surface area contributed by atoms with E-state index in [9.17, 15) is 13.6 Å². The zero-order valence-corrected chi connectivity index (χ0v) is 18.2. The highest BCUT2D eigenvalue weighted by atomic mass is 35.5. The van der Waals surface area contributed by atoms with Crippen molar-refractivity contribution < 1.29 is 13.6 Å². The Kier molecular flexibility index (Phi) is 7.74. The van der Waals surface area contributed by atoms with Crippen LogP contribution in [0.2, 0.25) is 0 Å². The van der Waals surface area contributed by atoms with Crippen molar-refractivity contribution in [3.05, 3.63) is 112 Å². The van der Waals surface area contributed by atoms with E-state index in [1.807, 2.05) is 36.4 Å². The minimum Gasteiger partial charge on any atom is -0.294 e. The summed E-state index contributed by atoms with van der Waals surface area (Å²) in [5, 5.41) is 0. The minimum atomic E-state index is -0.567. The summed E-state index contributed by atoms with van der Waals surface area (Å²) in [5.41, 5.74) is 3.67. The first-order chi connectivity index (χ1) is 15.0. The van der Waals surface area contributed by atoms with Gasteiger partial charge in [-0.1, -0.05) is 42.5 Å². The molecule has 164 valence electrons. The standard InChI is InChI=1S/C26H22F2N2O.ClH/c1-29-24-7-5-18(6-8-24)14-26(31)21-4-2-3-19(11-21)16-30(25-9-10-25)17-20-12-22(27)15-23(28)13-20;/h2-8,11-13,15,25H,9-10,14,16-17H2;1H. The summed E-state index contributed by atoms with van der Waals surface area (Å²) < 4.78 is 27.1. The lowest BCUT2D eigenvalue weighted by Crippen LogP contribution is -2.25. The summed E-state index contributed by atoms with van der Waals surface area (Å²) in [6, 6.07) is 18.6. The lowest BCUT2D eigenvalue weighted by atomic mass is 10.0. The number of carbonyl (C=O) groups excluding carboxylic acids is 1. The molecule has 0 aromatic heterocycles. The van der Waals surface area contributed by atoms with Crippen LogP contribution >= 0.6 is 12.4 Å². The molecule has 4 rings (SSSR count). The summed E-state index contributed by atoms with van der Waals surface area (Å²) >= 11 is 0. The van der Waals surface area contributed by atoms with E-state index in [1.54, 1.807) is 12.1 Å². The zero-order valence-electron chi connectivity index (χ0n) is 17.4. The van der Waals surface area contributed by atoms with E-state index in [1.165, 1.54) is 12.1 Å². The molecule has 0 atom stereocenters. The van der Waals surface area contributed by atoms with E-state index >= 15 is 0 Å². The SMILES string of the molecule is Cl.[C-]#[N+]c1ccc(CC(=O)c2cccc(CN(Cc3cc(F)cc(F)c3)C3CC3)c2)cc1. The average molecular weight is 453 g/mol. The number of carbonyl (C=O) groups is 1. The second-order valence-electron chi connectivity index (χ2n) is 7.99. The lowest BCUT2D eigenvalue weighted by Gasteiger charge is -2.22. The van der Waals surface area contributed by atoms with Crippen molar-refractivity contribution in [3.63, 3.8) is 0 Å². The van der Waals surface area contributed by atoms with Gasteiger partial charge in [-0.05, 0) is 47.7 Å². The fraction of sp³-hybridized carbons (Fsp3) is 0.231. The van der Waals surface area contributed by atoms with Gasteiger partial charge in [-0.25, -0.2) is 13.6 Å². The molecule has 1 aliphatic carbocycles. The zero-order chi connectivity index (χ0) is 21.8. The highest BCUT2D eigenvalue weighted by molar-refractivity contribution is 5.97. The lowest BCUT2D eigenvalue weighted by molar-refractivity contribution is 0.0992. The van der Waals surface area contributed by atoms with E-state index in [4.69, 9.17) is 6.57 Å². The smallest absolute Gasteiger partial charge is 0.187 e. The summed E-state index contributed by atoms with van der Waals surface area (Å²) in [5.74, 6) is -1.12. The van der Waals surface area contributed by atoms with Gasteiger partial charge in [0.2, 0.25) is 0 Å². The van der Waals surface area contributed by atoms with Gasteiger partial charge in [0, 0.05) is 37.2 Å². The number of nitrogens with zero attached hydrogens (tertiary/aromatic N) is 2. The molecule has 6 heteroatoms. The van der Waals surface area contributed by atoms with Gasteiger partial charge >= 0.3 is 0 Å². The van der Waals surface area contributed by atoms with Gasteiger partial charge < -0.3 is 0 Å². The minimum absolute atomic E-state index is 0. The fourth-order valence-electron chi connectivity index (χ4n) is 3.74. The van der Waals surface area contributed by atoms with Gasteiger partial charge in [-0.3, -0.25) is 9.69 Å². The van der Waals surface area contributed by atoms with Crippen molar-refractivity contribution in [2.24, 2.45) is 0 Å².